The van der Waals surface area contributed by atoms with E-state index in [1.807, 2.05) is 42.5 Å². The number of piperazine rings is 1. The molecule has 0 N–H and O–H groups in total. The highest BCUT2D eigenvalue weighted by Gasteiger charge is 2.23. The Morgan fingerprint density at radius 2 is 1.57 bits per heavy atom. The summed E-state index contributed by atoms with van der Waals surface area (Å²) in [4.78, 5) is 29.3. The van der Waals surface area contributed by atoms with Crippen molar-refractivity contribution in [2.24, 2.45) is 0 Å². The SMILES string of the molecule is COc1ccc(N2CCN(C(=O)COC(=O)c3ccccc3OCc3ccccc3Cl)CC2)cc1. The van der Waals surface area contributed by atoms with E-state index >= 15 is 0 Å². The first kappa shape index (κ1) is 24.4. The largest absolute Gasteiger partial charge is 0.497 e. The van der Waals surface area contributed by atoms with Crippen molar-refractivity contribution >= 4 is 29.2 Å². The van der Waals surface area contributed by atoms with Gasteiger partial charge >= 0.3 is 5.97 Å². The van der Waals surface area contributed by atoms with Crippen molar-refractivity contribution in [3.05, 3.63) is 88.9 Å². The van der Waals surface area contributed by atoms with Crippen LogP contribution in [0.15, 0.2) is 72.8 Å². The number of hydrogen-bond donors (Lipinski definition) is 0. The number of esters is 1. The molecule has 0 atom stereocenters. The molecule has 0 bridgehead atoms. The smallest absolute Gasteiger partial charge is 0.342 e. The zero-order valence-corrected chi connectivity index (χ0v) is 20.2. The Kier molecular flexibility index (Phi) is 8.11. The summed E-state index contributed by atoms with van der Waals surface area (Å²) >= 11 is 6.19. The summed E-state index contributed by atoms with van der Waals surface area (Å²) < 4.78 is 16.4. The van der Waals surface area contributed by atoms with E-state index in [-0.39, 0.29) is 24.7 Å². The van der Waals surface area contributed by atoms with E-state index in [1.165, 1.54) is 0 Å². The molecule has 0 aromatic heterocycles. The van der Waals surface area contributed by atoms with E-state index in [0.717, 1.165) is 17.0 Å². The van der Waals surface area contributed by atoms with Gasteiger partial charge in [-0.1, -0.05) is 41.9 Å². The van der Waals surface area contributed by atoms with E-state index in [9.17, 15) is 9.59 Å². The monoisotopic (exact) mass is 494 g/mol. The zero-order chi connectivity index (χ0) is 24.6. The maximum atomic E-state index is 12.7. The second-order valence-corrected chi connectivity index (χ2v) is 8.43. The lowest BCUT2D eigenvalue weighted by atomic mass is 10.2. The summed E-state index contributed by atoms with van der Waals surface area (Å²) in [5.74, 6) is 0.352. The Morgan fingerprint density at radius 1 is 0.886 bits per heavy atom. The van der Waals surface area contributed by atoms with Crippen LogP contribution in [0, 0.1) is 0 Å². The van der Waals surface area contributed by atoms with Crippen LogP contribution in [-0.2, 0) is 16.1 Å². The maximum absolute atomic E-state index is 12.7. The fourth-order valence-electron chi connectivity index (χ4n) is 3.84. The normalized spacial score (nSPS) is 13.3. The number of methoxy groups -OCH3 is 1. The minimum Gasteiger partial charge on any atom is -0.497 e. The molecule has 1 aliphatic rings. The second kappa shape index (κ2) is 11.6. The topological polar surface area (TPSA) is 68.3 Å². The lowest BCUT2D eigenvalue weighted by Gasteiger charge is -2.36. The molecule has 0 saturated carbocycles. The van der Waals surface area contributed by atoms with Crippen molar-refractivity contribution in [3.63, 3.8) is 0 Å². The number of nitrogens with zero attached hydrogens (tertiary/aromatic N) is 2. The quantitative estimate of drug-likeness (QED) is 0.431. The molecule has 0 unspecified atom stereocenters. The van der Waals surface area contributed by atoms with Gasteiger partial charge in [0.25, 0.3) is 5.91 Å². The molecular formula is C27H27ClN2O5. The van der Waals surface area contributed by atoms with Crippen molar-refractivity contribution < 1.29 is 23.8 Å². The van der Waals surface area contributed by atoms with Crippen molar-refractivity contribution in [3.8, 4) is 11.5 Å². The van der Waals surface area contributed by atoms with Crippen LogP contribution in [0.3, 0.4) is 0 Å². The van der Waals surface area contributed by atoms with E-state index in [4.69, 9.17) is 25.8 Å². The molecule has 1 aliphatic heterocycles. The van der Waals surface area contributed by atoms with Crippen LogP contribution in [0.4, 0.5) is 5.69 Å². The van der Waals surface area contributed by atoms with Crippen LogP contribution >= 0.6 is 11.6 Å². The Balaban J connectivity index is 1.28. The van der Waals surface area contributed by atoms with E-state index < -0.39 is 5.97 Å². The summed E-state index contributed by atoms with van der Waals surface area (Å²) in [5.41, 5.74) is 2.15. The highest BCUT2D eigenvalue weighted by molar-refractivity contribution is 6.31. The molecule has 1 amide bonds. The molecule has 1 saturated heterocycles. The van der Waals surface area contributed by atoms with Crippen molar-refractivity contribution in [1.82, 2.24) is 4.90 Å². The number of carbonyl (C=O) groups excluding carboxylic acids is 2. The average molecular weight is 495 g/mol. The van der Waals surface area contributed by atoms with E-state index in [0.29, 0.717) is 37.0 Å². The van der Waals surface area contributed by atoms with Gasteiger partial charge in [-0.15, -0.1) is 0 Å². The van der Waals surface area contributed by atoms with Gasteiger partial charge in [-0.05, 0) is 42.5 Å². The number of carbonyl (C=O) groups is 2. The number of halogens is 1. The molecule has 0 radical (unpaired) electrons. The molecule has 3 aromatic rings. The molecular weight excluding hydrogens is 468 g/mol. The molecule has 1 heterocycles. The van der Waals surface area contributed by atoms with Crippen LogP contribution in [0.2, 0.25) is 5.02 Å². The molecule has 35 heavy (non-hydrogen) atoms. The van der Waals surface area contributed by atoms with Crippen molar-refractivity contribution in [2.45, 2.75) is 6.61 Å². The maximum Gasteiger partial charge on any atom is 0.342 e. The van der Waals surface area contributed by atoms with Crippen molar-refractivity contribution in [1.29, 1.82) is 0 Å². The number of amides is 1. The summed E-state index contributed by atoms with van der Waals surface area (Å²) in [6, 6.07) is 22.0. The summed E-state index contributed by atoms with van der Waals surface area (Å²) in [6.45, 7) is 2.40. The van der Waals surface area contributed by atoms with E-state index in [2.05, 4.69) is 4.90 Å². The summed E-state index contributed by atoms with van der Waals surface area (Å²) in [6.07, 6.45) is 0. The first-order valence-electron chi connectivity index (χ1n) is 11.3. The van der Waals surface area contributed by atoms with E-state index in [1.54, 1.807) is 42.3 Å². The van der Waals surface area contributed by atoms with Gasteiger partial charge in [0.2, 0.25) is 0 Å². The Hall–Kier alpha value is -3.71. The number of hydrogen-bond acceptors (Lipinski definition) is 6. The summed E-state index contributed by atoms with van der Waals surface area (Å²) in [5, 5.41) is 0.588. The zero-order valence-electron chi connectivity index (χ0n) is 19.5. The van der Waals surface area contributed by atoms with Crippen LogP contribution in [0.5, 0.6) is 11.5 Å². The lowest BCUT2D eigenvalue weighted by molar-refractivity contribution is -0.134. The number of rotatable bonds is 8. The summed E-state index contributed by atoms with van der Waals surface area (Å²) in [7, 11) is 1.64. The van der Waals surface area contributed by atoms with Gasteiger partial charge in [-0.2, -0.15) is 0 Å². The molecule has 7 nitrogen and oxygen atoms in total. The minimum absolute atomic E-state index is 0.210. The fraction of sp³-hybridized carbons (Fsp3) is 0.259. The Labute approximate surface area is 209 Å². The molecule has 3 aromatic carbocycles. The standard InChI is InChI=1S/C27H27ClN2O5/c1-33-22-12-10-21(11-13-22)29-14-16-30(17-15-29)26(31)19-35-27(32)23-7-3-5-9-25(23)34-18-20-6-2-4-8-24(20)28/h2-13H,14-19H2,1H3. The Bertz CT molecular complexity index is 1160. The number of ether oxygens (including phenoxy) is 3. The van der Waals surface area contributed by atoms with Gasteiger partial charge in [0, 0.05) is 42.5 Å². The highest BCUT2D eigenvalue weighted by atomic mass is 35.5. The highest BCUT2D eigenvalue weighted by Crippen LogP contribution is 2.23. The van der Waals surface area contributed by atoms with Gasteiger partial charge < -0.3 is 24.0 Å². The average Bonchev–Trinajstić information content (AvgIpc) is 2.91. The predicted molar refractivity (Wildman–Crippen MR) is 134 cm³/mol. The molecule has 4 rings (SSSR count). The fourth-order valence-corrected chi connectivity index (χ4v) is 4.03. The van der Waals surface area contributed by atoms with Gasteiger partial charge in [-0.3, -0.25) is 4.79 Å². The minimum atomic E-state index is -0.607. The molecule has 8 heteroatoms. The molecule has 0 spiro atoms. The first-order chi connectivity index (χ1) is 17.0. The number of benzene rings is 3. The third-order valence-corrected chi connectivity index (χ3v) is 6.21. The van der Waals surface area contributed by atoms with Crippen LogP contribution in [-0.4, -0.2) is 56.7 Å². The van der Waals surface area contributed by atoms with Gasteiger partial charge in [0.05, 0.1) is 7.11 Å². The van der Waals surface area contributed by atoms with Gasteiger partial charge in [0.1, 0.15) is 23.7 Å². The Morgan fingerprint density at radius 3 is 2.29 bits per heavy atom. The molecule has 0 aliphatic carbocycles. The lowest BCUT2D eigenvalue weighted by Crippen LogP contribution is -2.49. The second-order valence-electron chi connectivity index (χ2n) is 8.02. The van der Waals surface area contributed by atoms with Crippen molar-refractivity contribution in [2.75, 3.05) is 44.8 Å². The predicted octanol–water partition coefficient (Wildman–Crippen LogP) is 4.43. The van der Waals surface area contributed by atoms with Gasteiger partial charge in [-0.25, -0.2) is 4.79 Å². The number of para-hydroxylation sites is 1. The molecule has 1 fully saturated rings. The van der Waals surface area contributed by atoms with Gasteiger partial charge in [0.15, 0.2) is 6.61 Å². The first-order valence-corrected chi connectivity index (χ1v) is 11.7. The third kappa shape index (κ3) is 6.25. The van der Waals surface area contributed by atoms with Crippen LogP contribution in [0.25, 0.3) is 0 Å². The number of anilines is 1. The molecule has 182 valence electrons. The van der Waals surface area contributed by atoms with Crippen LogP contribution in [0.1, 0.15) is 15.9 Å². The third-order valence-electron chi connectivity index (χ3n) is 5.84. The van der Waals surface area contributed by atoms with Crippen LogP contribution < -0.4 is 14.4 Å².